The number of hydrogen-bond acceptors (Lipinski definition) is 1. The van der Waals surface area contributed by atoms with E-state index in [-0.39, 0.29) is 16.5 Å². The van der Waals surface area contributed by atoms with Gasteiger partial charge in [0.05, 0.1) is 4.47 Å². The van der Waals surface area contributed by atoms with Crippen molar-refractivity contribution in [2.45, 2.75) is 12.5 Å². The van der Waals surface area contributed by atoms with Crippen LogP contribution in [0.5, 0.6) is 0 Å². The molecule has 0 heterocycles. The Balaban J connectivity index is 2.28. The molecule has 1 nitrogen and oxygen atoms in total. The first-order valence-electron chi connectivity index (χ1n) is 5.73. The number of halogens is 5. The van der Waals surface area contributed by atoms with Crippen LogP contribution in [0.3, 0.4) is 0 Å². The van der Waals surface area contributed by atoms with Crippen molar-refractivity contribution in [3.8, 4) is 0 Å². The highest BCUT2D eigenvalue weighted by Gasteiger charge is 2.16. The number of benzene rings is 2. The van der Waals surface area contributed by atoms with Gasteiger partial charge in [0, 0.05) is 6.04 Å². The summed E-state index contributed by atoms with van der Waals surface area (Å²) in [6.07, 6.45) is 0.156. The average molecular weight is 348 g/mol. The van der Waals surface area contributed by atoms with Gasteiger partial charge in [-0.1, -0.05) is 12.1 Å². The van der Waals surface area contributed by atoms with Gasteiger partial charge < -0.3 is 5.73 Å². The van der Waals surface area contributed by atoms with Crippen LogP contribution < -0.4 is 5.73 Å². The first-order chi connectivity index (χ1) is 9.40. The third-order valence-corrected chi connectivity index (χ3v) is 3.79. The molecule has 0 saturated carbocycles. The van der Waals surface area contributed by atoms with Crippen molar-refractivity contribution in [1.29, 1.82) is 0 Å². The fourth-order valence-electron chi connectivity index (χ4n) is 1.85. The summed E-state index contributed by atoms with van der Waals surface area (Å²) in [7, 11) is 0. The third-order valence-electron chi connectivity index (χ3n) is 2.91. The van der Waals surface area contributed by atoms with Crippen LogP contribution in [0.4, 0.5) is 17.6 Å². The highest BCUT2D eigenvalue weighted by molar-refractivity contribution is 9.10. The van der Waals surface area contributed by atoms with Crippen molar-refractivity contribution < 1.29 is 17.6 Å². The Bertz CT molecular complexity index is 622. The maximum atomic E-state index is 13.4. The van der Waals surface area contributed by atoms with Crippen LogP contribution in [-0.4, -0.2) is 0 Å². The zero-order valence-electron chi connectivity index (χ0n) is 10.1. The van der Waals surface area contributed by atoms with Crippen molar-refractivity contribution >= 4 is 15.9 Å². The second-order valence-electron chi connectivity index (χ2n) is 4.32. The Morgan fingerprint density at radius 2 is 1.60 bits per heavy atom. The molecule has 0 saturated heterocycles. The van der Waals surface area contributed by atoms with Gasteiger partial charge in [-0.25, -0.2) is 17.6 Å². The maximum Gasteiger partial charge on any atom is 0.194 e. The fourth-order valence-corrected chi connectivity index (χ4v) is 2.28. The molecular weight excluding hydrogens is 338 g/mol. The lowest BCUT2D eigenvalue weighted by Gasteiger charge is -2.14. The summed E-state index contributed by atoms with van der Waals surface area (Å²) in [5.74, 6) is -4.58. The molecule has 1 atom stereocenters. The van der Waals surface area contributed by atoms with E-state index in [1.165, 1.54) is 12.1 Å². The van der Waals surface area contributed by atoms with Crippen molar-refractivity contribution in [1.82, 2.24) is 0 Å². The third kappa shape index (κ3) is 3.02. The molecule has 0 fully saturated rings. The van der Waals surface area contributed by atoms with Crippen LogP contribution in [0.25, 0.3) is 0 Å². The van der Waals surface area contributed by atoms with Gasteiger partial charge in [-0.2, -0.15) is 0 Å². The molecule has 0 aliphatic heterocycles. The first kappa shape index (κ1) is 15.0. The molecule has 0 aliphatic rings. The van der Waals surface area contributed by atoms with Crippen LogP contribution in [0.15, 0.2) is 34.8 Å². The van der Waals surface area contributed by atoms with Gasteiger partial charge in [0.1, 0.15) is 5.82 Å². The Morgan fingerprint density at radius 3 is 2.20 bits per heavy atom. The second kappa shape index (κ2) is 5.93. The Labute approximate surface area is 121 Å². The minimum absolute atomic E-state index is 0.109. The van der Waals surface area contributed by atoms with Crippen molar-refractivity contribution in [3.05, 3.63) is 69.2 Å². The zero-order chi connectivity index (χ0) is 14.9. The largest absolute Gasteiger partial charge is 0.324 e. The van der Waals surface area contributed by atoms with Gasteiger partial charge >= 0.3 is 0 Å². The summed E-state index contributed by atoms with van der Waals surface area (Å²) < 4.78 is 52.8. The monoisotopic (exact) mass is 347 g/mol. The van der Waals surface area contributed by atoms with E-state index < -0.39 is 29.3 Å². The topological polar surface area (TPSA) is 26.0 Å². The number of rotatable bonds is 3. The van der Waals surface area contributed by atoms with E-state index in [1.807, 2.05) is 0 Å². The fraction of sp³-hybridized carbons (Fsp3) is 0.143. The smallest absolute Gasteiger partial charge is 0.194 e. The molecule has 0 amide bonds. The predicted molar refractivity (Wildman–Crippen MR) is 71.0 cm³/mol. The lowest BCUT2D eigenvalue weighted by Crippen LogP contribution is -2.15. The van der Waals surface area contributed by atoms with E-state index >= 15 is 0 Å². The number of nitrogens with two attached hydrogens (primary N) is 1. The molecular formula is C14H10BrF4N. The lowest BCUT2D eigenvalue weighted by atomic mass is 9.99. The van der Waals surface area contributed by atoms with E-state index in [9.17, 15) is 17.6 Å². The summed E-state index contributed by atoms with van der Waals surface area (Å²) >= 11 is 3.08. The molecule has 2 aromatic rings. The normalized spacial score (nSPS) is 12.5. The summed E-state index contributed by atoms with van der Waals surface area (Å²) in [5.41, 5.74) is 6.50. The molecule has 20 heavy (non-hydrogen) atoms. The first-order valence-corrected chi connectivity index (χ1v) is 6.52. The van der Waals surface area contributed by atoms with Gasteiger partial charge in [-0.3, -0.25) is 0 Å². The molecule has 0 aromatic heterocycles. The van der Waals surface area contributed by atoms with Crippen LogP contribution in [0, 0.1) is 23.3 Å². The summed E-state index contributed by atoms with van der Waals surface area (Å²) in [5, 5.41) is 0. The van der Waals surface area contributed by atoms with E-state index in [4.69, 9.17) is 5.73 Å². The highest BCUT2D eigenvalue weighted by atomic mass is 79.9. The minimum atomic E-state index is -1.53. The molecule has 0 spiro atoms. The van der Waals surface area contributed by atoms with Gasteiger partial charge in [-0.15, -0.1) is 0 Å². The molecule has 2 rings (SSSR count). The molecule has 2 aromatic carbocycles. The van der Waals surface area contributed by atoms with Crippen LogP contribution in [0.2, 0.25) is 0 Å². The van der Waals surface area contributed by atoms with Crippen molar-refractivity contribution in [2.75, 3.05) is 0 Å². The standard InChI is InChI=1S/C14H10BrF4N/c15-13-7(2-1-3-9(13)16)6-12(20)8-4-10(17)14(19)11(18)5-8/h1-5,12H,6,20H2. The van der Waals surface area contributed by atoms with E-state index in [1.54, 1.807) is 6.07 Å². The Kier molecular flexibility index (Phi) is 4.45. The van der Waals surface area contributed by atoms with E-state index in [0.29, 0.717) is 5.56 Å². The van der Waals surface area contributed by atoms with Gasteiger partial charge in [0.25, 0.3) is 0 Å². The van der Waals surface area contributed by atoms with Crippen molar-refractivity contribution in [3.63, 3.8) is 0 Å². The van der Waals surface area contributed by atoms with Crippen molar-refractivity contribution in [2.24, 2.45) is 5.73 Å². The molecule has 106 valence electrons. The highest BCUT2D eigenvalue weighted by Crippen LogP contribution is 2.26. The molecule has 2 N–H and O–H groups in total. The SMILES string of the molecule is NC(Cc1cccc(F)c1Br)c1cc(F)c(F)c(F)c1. The molecule has 6 heteroatoms. The van der Waals surface area contributed by atoms with Crippen LogP contribution in [-0.2, 0) is 6.42 Å². The van der Waals surface area contributed by atoms with E-state index in [2.05, 4.69) is 15.9 Å². The lowest BCUT2D eigenvalue weighted by molar-refractivity contribution is 0.443. The average Bonchev–Trinajstić information content (AvgIpc) is 2.40. The molecule has 0 aliphatic carbocycles. The quantitative estimate of drug-likeness (QED) is 0.651. The van der Waals surface area contributed by atoms with Crippen LogP contribution >= 0.6 is 15.9 Å². The van der Waals surface area contributed by atoms with E-state index in [0.717, 1.165) is 12.1 Å². The molecule has 0 radical (unpaired) electrons. The molecule has 0 bridgehead atoms. The van der Waals surface area contributed by atoms with Gasteiger partial charge in [0.15, 0.2) is 17.5 Å². The summed E-state index contributed by atoms with van der Waals surface area (Å²) in [6, 6.07) is 5.33. The Hall–Kier alpha value is -1.40. The maximum absolute atomic E-state index is 13.4. The molecule has 1 unspecified atom stereocenters. The Morgan fingerprint density at radius 1 is 1.00 bits per heavy atom. The predicted octanol–water partition coefficient (Wildman–Crippen LogP) is 4.25. The van der Waals surface area contributed by atoms with Crippen LogP contribution in [0.1, 0.15) is 17.2 Å². The van der Waals surface area contributed by atoms with Gasteiger partial charge in [-0.05, 0) is 51.7 Å². The zero-order valence-corrected chi connectivity index (χ0v) is 11.7. The summed E-state index contributed by atoms with van der Waals surface area (Å²) in [4.78, 5) is 0. The van der Waals surface area contributed by atoms with Gasteiger partial charge in [0.2, 0.25) is 0 Å². The number of hydrogen-bond donors (Lipinski definition) is 1. The second-order valence-corrected chi connectivity index (χ2v) is 5.12. The minimum Gasteiger partial charge on any atom is -0.324 e. The summed E-state index contributed by atoms with van der Waals surface area (Å²) in [6.45, 7) is 0.